The zero-order valence-corrected chi connectivity index (χ0v) is 17.1. The molecule has 1 aliphatic rings. The summed E-state index contributed by atoms with van der Waals surface area (Å²) < 4.78 is 39.6. The summed E-state index contributed by atoms with van der Waals surface area (Å²) in [6.07, 6.45) is -2.91. The minimum atomic E-state index is -4.93. The van der Waals surface area contributed by atoms with Crippen LogP contribution in [0.2, 0.25) is 0 Å². The fourth-order valence-electron chi connectivity index (χ4n) is 2.59. The van der Waals surface area contributed by atoms with Crippen molar-refractivity contribution in [2.24, 2.45) is 0 Å². The zero-order chi connectivity index (χ0) is 21.6. The average molecular weight is 453 g/mol. The standard InChI is InChI=1S/C13H21N5O9P2/c1-6(2)28(21,22)27-29(23,24)25-3-7-9(19)10(20)13(26-7)18-5-17-8-11(14)15-4-16-12(8)18/h4-7,9-10,13,19-20H,3H2,1-2H3,(H,21,22)(H,23,24)(H2,14,15,16)/t7-,9?,10?,13-/m1/s1. The van der Waals surface area contributed by atoms with Crippen molar-refractivity contribution < 1.29 is 42.7 Å². The number of fused-ring (bicyclic) bond motifs is 1. The maximum absolute atomic E-state index is 11.9. The van der Waals surface area contributed by atoms with E-state index in [1.165, 1.54) is 31.1 Å². The van der Waals surface area contributed by atoms with Gasteiger partial charge in [0.25, 0.3) is 0 Å². The molecule has 0 aromatic carbocycles. The third-order valence-electron chi connectivity index (χ3n) is 4.27. The summed E-state index contributed by atoms with van der Waals surface area (Å²) in [5.41, 5.74) is 5.28. The number of aromatic nitrogens is 4. The number of ether oxygens (including phenoxy) is 1. The number of nitrogens with zero attached hydrogens (tertiary/aromatic N) is 4. The second-order valence-corrected chi connectivity index (χ2v) is 10.6. The van der Waals surface area contributed by atoms with Crippen molar-refractivity contribution in [3.05, 3.63) is 12.7 Å². The van der Waals surface area contributed by atoms with E-state index in [1.54, 1.807) is 0 Å². The van der Waals surface area contributed by atoms with Crippen LogP contribution in [0.25, 0.3) is 11.2 Å². The van der Waals surface area contributed by atoms with Gasteiger partial charge in [-0.3, -0.25) is 13.7 Å². The molecule has 0 saturated carbocycles. The van der Waals surface area contributed by atoms with E-state index in [-0.39, 0.29) is 17.0 Å². The van der Waals surface area contributed by atoms with Gasteiger partial charge in [-0.25, -0.2) is 23.8 Å². The zero-order valence-electron chi connectivity index (χ0n) is 15.3. The Balaban J connectivity index is 1.72. The number of imidazole rings is 1. The Bertz CT molecular complexity index is 985. The molecule has 16 heteroatoms. The number of rotatable bonds is 7. The van der Waals surface area contributed by atoms with Crippen molar-refractivity contribution in [2.45, 2.75) is 44.0 Å². The average Bonchev–Trinajstić information content (AvgIpc) is 3.16. The number of anilines is 1. The molecular formula is C13H21N5O9P2. The first-order valence-electron chi connectivity index (χ1n) is 8.38. The van der Waals surface area contributed by atoms with Gasteiger partial charge >= 0.3 is 15.4 Å². The molecule has 6 atom stereocenters. The van der Waals surface area contributed by atoms with E-state index >= 15 is 0 Å². The lowest BCUT2D eigenvalue weighted by Gasteiger charge is -2.20. The predicted octanol–water partition coefficient (Wildman–Crippen LogP) is -0.245. The van der Waals surface area contributed by atoms with Gasteiger partial charge in [-0.1, -0.05) is 13.8 Å². The Morgan fingerprint density at radius 2 is 1.93 bits per heavy atom. The molecule has 0 bridgehead atoms. The van der Waals surface area contributed by atoms with Crippen LogP contribution < -0.4 is 5.73 Å². The monoisotopic (exact) mass is 453 g/mol. The number of hydrogen-bond acceptors (Lipinski definition) is 11. The fraction of sp³-hybridized carbons (Fsp3) is 0.615. The van der Waals surface area contributed by atoms with Crippen molar-refractivity contribution in [3.8, 4) is 0 Å². The molecule has 29 heavy (non-hydrogen) atoms. The van der Waals surface area contributed by atoms with Crippen LogP contribution in [0.3, 0.4) is 0 Å². The van der Waals surface area contributed by atoms with Gasteiger partial charge in [-0.2, -0.15) is 0 Å². The molecule has 2 aromatic rings. The number of nitrogens with two attached hydrogens (primary N) is 1. The first kappa shape index (κ1) is 22.2. The lowest BCUT2D eigenvalue weighted by atomic mass is 10.1. The fourth-order valence-corrected chi connectivity index (χ4v) is 5.05. The number of aliphatic hydroxyl groups excluding tert-OH is 2. The number of hydrogen-bond donors (Lipinski definition) is 5. The summed E-state index contributed by atoms with van der Waals surface area (Å²) in [6, 6.07) is 0. The molecule has 1 aliphatic heterocycles. The molecule has 0 spiro atoms. The molecular weight excluding hydrogens is 432 g/mol. The van der Waals surface area contributed by atoms with E-state index in [1.807, 2.05) is 0 Å². The molecule has 6 N–H and O–H groups in total. The normalized spacial score (nSPS) is 29.2. The Hall–Kier alpha value is -1.47. The second-order valence-electron chi connectivity index (χ2n) is 6.63. The summed E-state index contributed by atoms with van der Waals surface area (Å²) in [5, 5.41) is 20.5. The number of phosphoric ester groups is 1. The molecule has 162 valence electrons. The number of aliphatic hydroxyl groups is 2. The molecule has 3 rings (SSSR count). The van der Waals surface area contributed by atoms with Crippen LogP contribution in [-0.4, -0.2) is 70.1 Å². The highest BCUT2D eigenvalue weighted by molar-refractivity contribution is 7.64. The molecule has 4 unspecified atom stereocenters. The SMILES string of the molecule is CC(C)P(=O)(O)OP(=O)(O)OC[C@H]1O[C@@H](n2cnc3c(N)ncnc32)C(O)C1O. The van der Waals surface area contributed by atoms with Gasteiger partial charge in [0.15, 0.2) is 17.7 Å². The van der Waals surface area contributed by atoms with Gasteiger partial charge in [0.1, 0.15) is 30.2 Å². The highest BCUT2D eigenvalue weighted by Gasteiger charge is 2.46. The number of nitrogen functional groups attached to an aromatic ring is 1. The van der Waals surface area contributed by atoms with Crippen molar-refractivity contribution >= 4 is 32.4 Å². The van der Waals surface area contributed by atoms with Crippen LogP contribution in [0.15, 0.2) is 12.7 Å². The van der Waals surface area contributed by atoms with Crippen molar-refractivity contribution in [1.29, 1.82) is 0 Å². The maximum Gasteiger partial charge on any atom is 0.479 e. The summed E-state index contributed by atoms with van der Waals surface area (Å²) in [6.45, 7) is 1.96. The molecule has 0 radical (unpaired) electrons. The van der Waals surface area contributed by atoms with Crippen LogP contribution in [0.5, 0.6) is 0 Å². The van der Waals surface area contributed by atoms with Gasteiger partial charge < -0.3 is 30.5 Å². The van der Waals surface area contributed by atoms with Gasteiger partial charge in [-0.05, 0) is 0 Å². The Morgan fingerprint density at radius 3 is 2.59 bits per heavy atom. The summed E-state index contributed by atoms with van der Waals surface area (Å²) in [4.78, 5) is 31.1. The van der Waals surface area contributed by atoms with Crippen molar-refractivity contribution in [1.82, 2.24) is 19.5 Å². The number of phosphoric acid groups is 1. The minimum Gasteiger partial charge on any atom is -0.387 e. The highest BCUT2D eigenvalue weighted by atomic mass is 31.3. The quantitative estimate of drug-likeness (QED) is 0.343. The van der Waals surface area contributed by atoms with Crippen molar-refractivity contribution in [2.75, 3.05) is 12.3 Å². The molecule has 0 amide bonds. The lowest BCUT2D eigenvalue weighted by molar-refractivity contribution is -0.0502. The summed E-state index contributed by atoms with van der Waals surface area (Å²) in [5.74, 6) is 0.110. The largest absolute Gasteiger partial charge is 0.479 e. The second kappa shape index (κ2) is 7.99. The maximum atomic E-state index is 11.9. The summed E-state index contributed by atoms with van der Waals surface area (Å²) >= 11 is 0. The van der Waals surface area contributed by atoms with Crippen molar-refractivity contribution in [3.63, 3.8) is 0 Å². The first-order valence-corrected chi connectivity index (χ1v) is 11.5. The van der Waals surface area contributed by atoms with Gasteiger partial charge in [0, 0.05) is 0 Å². The first-order chi connectivity index (χ1) is 13.4. The van der Waals surface area contributed by atoms with Crippen LogP contribution in [-0.2, 0) is 22.7 Å². The van der Waals surface area contributed by atoms with Crippen LogP contribution in [0.4, 0.5) is 5.82 Å². The summed E-state index contributed by atoms with van der Waals surface area (Å²) in [7, 11) is -9.32. The van der Waals surface area contributed by atoms with Crippen LogP contribution in [0, 0.1) is 0 Å². The molecule has 1 saturated heterocycles. The minimum absolute atomic E-state index is 0.110. The van der Waals surface area contributed by atoms with E-state index in [0.29, 0.717) is 0 Å². The van der Waals surface area contributed by atoms with Gasteiger partial charge in [0.2, 0.25) is 0 Å². The third-order valence-corrected chi connectivity index (χ3v) is 7.82. The Morgan fingerprint density at radius 1 is 1.24 bits per heavy atom. The van der Waals surface area contributed by atoms with Gasteiger partial charge in [0.05, 0.1) is 18.6 Å². The van der Waals surface area contributed by atoms with Crippen LogP contribution >= 0.6 is 15.4 Å². The molecule has 2 aromatic heterocycles. The molecule has 1 fully saturated rings. The molecule has 3 heterocycles. The third kappa shape index (κ3) is 4.50. The van der Waals surface area contributed by atoms with E-state index in [0.717, 1.165) is 0 Å². The lowest BCUT2D eigenvalue weighted by Crippen LogP contribution is -2.33. The highest BCUT2D eigenvalue weighted by Crippen LogP contribution is 2.62. The Labute approximate surface area is 164 Å². The smallest absolute Gasteiger partial charge is 0.387 e. The topological polar surface area (TPSA) is 212 Å². The van der Waals surface area contributed by atoms with E-state index < -0.39 is 52.2 Å². The molecule has 14 nitrogen and oxygen atoms in total. The van der Waals surface area contributed by atoms with Crippen LogP contribution in [0.1, 0.15) is 20.1 Å². The molecule has 0 aliphatic carbocycles. The van der Waals surface area contributed by atoms with E-state index in [2.05, 4.69) is 23.8 Å². The van der Waals surface area contributed by atoms with Gasteiger partial charge in [-0.15, -0.1) is 0 Å². The Kier molecular flexibility index (Phi) is 6.12. The predicted molar refractivity (Wildman–Crippen MR) is 97.5 cm³/mol. The van der Waals surface area contributed by atoms with E-state index in [4.69, 9.17) is 10.5 Å². The van der Waals surface area contributed by atoms with E-state index in [9.17, 15) is 29.1 Å².